The number of ether oxygens (including phenoxy) is 1. The summed E-state index contributed by atoms with van der Waals surface area (Å²) in [6.45, 7) is 7.94. The number of hydrogen-bond acceptors (Lipinski definition) is 4. The van der Waals surface area contributed by atoms with Crippen LogP contribution in [0.25, 0.3) is 0 Å². The first kappa shape index (κ1) is 15.0. The Balaban J connectivity index is 1.91. The lowest BCUT2D eigenvalue weighted by Crippen LogP contribution is -2.53. The average Bonchev–Trinajstić information content (AvgIpc) is 2.66. The van der Waals surface area contributed by atoms with Gasteiger partial charge in [0.2, 0.25) is 5.91 Å². The van der Waals surface area contributed by atoms with E-state index in [0.717, 1.165) is 24.4 Å². The first-order valence-corrected chi connectivity index (χ1v) is 7.09. The largest absolute Gasteiger partial charge is 0.378 e. The fraction of sp³-hybridized carbons (Fsp3) is 0.714. The fourth-order valence-corrected chi connectivity index (χ4v) is 2.55. The van der Waals surface area contributed by atoms with Crippen molar-refractivity contribution in [3.8, 4) is 0 Å². The third-order valence-electron chi connectivity index (χ3n) is 3.80. The molecular formula is C14H24N4O2. The number of aromatic nitrogens is 2. The Labute approximate surface area is 119 Å². The Kier molecular flexibility index (Phi) is 4.77. The molecule has 1 aliphatic rings. The first-order chi connectivity index (χ1) is 9.49. The van der Waals surface area contributed by atoms with Crippen LogP contribution < -0.4 is 10.6 Å². The van der Waals surface area contributed by atoms with Crippen LogP contribution in [0.5, 0.6) is 0 Å². The van der Waals surface area contributed by atoms with Crippen LogP contribution >= 0.6 is 0 Å². The summed E-state index contributed by atoms with van der Waals surface area (Å²) < 4.78 is 7.19. The van der Waals surface area contributed by atoms with Crippen LogP contribution in [0.1, 0.15) is 23.9 Å². The minimum Gasteiger partial charge on any atom is -0.378 e. The van der Waals surface area contributed by atoms with Crippen molar-refractivity contribution in [2.75, 3.05) is 19.8 Å². The topological polar surface area (TPSA) is 68.2 Å². The number of morpholine rings is 1. The zero-order valence-corrected chi connectivity index (χ0v) is 12.7. The van der Waals surface area contributed by atoms with Crippen LogP contribution in [0.15, 0.2) is 0 Å². The number of carbonyl (C=O) groups excluding carboxylic acids is 1. The van der Waals surface area contributed by atoms with E-state index in [-0.39, 0.29) is 18.0 Å². The lowest BCUT2D eigenvalue weighted by atomic mass is 10.0. The first-order valence-electron chi connectivity index (χ1n) is 7.09. The van der Waals surface area contributed by atoms with Crippen LogP contribution in [0.4, 0.5) is 0 Å². The molecule has 0 bridgehead atoms. The van der Waals surface area contributed by atoms with E-state index in [4.69, 9.17) is 4.74 Å². The molecule has 0 spiro atoms. The Bertz CT molecular complexity index is 478. The molecule has 2 unspecified atom stereocenters. The molecule has 0 aromatic carbocycles. The second kappa shape index (κ2) is 6.37. The summed E-state index contributed by atoms with van der Waals surface area (Å²) in [4.78, 5) is 12.1. The van der Waals surface area contributed by atoms with Gasteiger partial charge in [0.05, 0.1) is 18.9 Å². The molecular weight excluding hydrogens is 256 g/mol. The molecule has 1 fully saturated rings. The van der Waals surface area contributed by atoms with Gasteiger partial charge in [0.15, 0.2) is 0 Å². The molecule has 6 nitrogen and oxygen atoms in total. The predicted molar refractivity (Wildman–Crippen MR) is 76.6 cm³/mol. The van der Waals surface area contributed by atoms with E-state index in [1.54, 1.807) is 0 Å². The molecule has 112 valence electrons. The van der Waals surface area contributed by atoms with Crippen molar-refractivity contribution in [2.24, 2.45) is 7.05 Å². The minimum atomic E-state index is -0.234. The van der Waals surface area contributed by atoms with E-state index in [2.05, 4.69) is 22.7 Å². The Morgan fingerprint density at radius 1 is 1.60 bits per heavy atom. The molecule has 6 heteroatoms. The van der Waals surface area contributed by atoms with E-state index >= 15 is 0 Å². The van der Waals surface area contributed by atoms with Crippen LogP contribution in [-0.2, 0) is 23.0 Å². The summed E-state index contributed by atoms with van der Waals surface area (Å²) in [5.41, 5.74) is 3.40. The zero-order chi connectivity index (χ0) is 14.7. The highest BCUT2D eigenvalue weighted by atomic mass is 16.5. The van der Waals surface area contributed by atoms with E-state index in [9.17, 15) is 4.79 Å². The second-order valence-electron chi connectivity index (χ2n) is 5.47. The molecule has 1 aromatic heterocycles. The van der Waals surface area contributed by atoms with Gasteiger partial charge in [-0.05, 0) is 32.8 Å². The number of carbonyl (C=O) groups is 1. The number of amides is 1. The fourth-order valence-electron chi connectivity index (χ4n) is 2.55. The Morgan fingerprint density at radius 2 is 2.35 bits per heavy atom. The Hall–Kier alpha value is -1.40. The zero-order valence-electron chi connectivity index (χ0n) is 12.7. The lowest BCUT2D eigenvalue weighted by molar-refractivity contribution is -0.126. The van der Waals surface area contributed by atoms with Gasteiger partial charge in [-0.3, -0.25) is 9.48 Å². The maximum atomic E-state index is 12.1. The molecule has 2 N–H and O–H groups in total. The SMILES string of the molecule is Cc1nn(C)c(C)c1CC(C)NC(=O)C1COCCN1. The van der Waals surface area contributed by atoms with Gasteiger partial charge >= 0.3 is 0 Å². The quantitative estimate of drug-likeness (QED) is 0.819. The summed E-state index contributed by atoms with van der Waals surface area (Å²) in [5, 5.41) is 10.6. The smallest absolute Gasteiger partial charge is 0.239 e. The van der Waals surface area contributed by atoms with Crippen LogP contribution in [0.2, 0.25) is 0 Å². The molecule has 20 heavy (non-hydrogen) atoms. The summed E-state index contributed by atoms with van der Waals surface area (Å²) in [7, 11) is 1.94. The summed E-state index contributed by atoms with van der Waals surface area (Å²) >= 11 is 0. The highest BCUT2D eigenvalue weighted by Crippen LogP contribution is 2.14. The van der Waals surface area contributed by atoms with Gasteiger partial charge in [-0.2, -0.15) is 5.10 Å². The van der Waals surface area contributed by atoms with E-state index in [0.29, 0.717) is 13.2 Å². The molecule has 1 aromatic rings. The monoisotopic (exact) mass is 280 g/mol. The normalized spacial score (nSPS) is 20.7. The summed E-state index contributed by atoms with van der Waals surface area (Å²) in [6.07, 6.45) is 0.796. The van der Waals surface area contributed by atoms with Gasteiger partial charge in [-0.1, -0.05) is 0 Å². The average molecular weight is 280 g/mol. The van der Waals surface area contributed by atoms with Gasteiger partial charge in [0.25, 0.3) is 0 Å². The number of nitrogens with zero attached hydrogens (tertiary/aromatic N) is 2. The molecule has 2 rings (SSSR count). The van der Waals surface area contributed by atoms with Gasteiger partial charge in [-0.15, -0.1) is 0 Å². The van der Waals surface area contributed by atoms with Crippen LogP contribution in [0, 0.1) is 13.8 Å². The number of hydrogen-bond donors (Lipinski definition) is 2. The highest BCUT2D eigenvalue weighted by Gasteiger charge is 2.23. The van der Waals surface area contributed by atoms with Crippen molar-refractivity contribution in [1.82, 2.24) is 20.4 Å². The van der Waals surface area contributed by atoms with Crippen molar-refractivity contribution in [3.63, 3.8) is 0 Å². The van der Waals surface area contributed by atoms with Crippen molar-refractivity contribution in [3.05, 3.63) is 17.0 Å². The number of rotatable bonds is 4. The van der Waals surface area contributed by atoms with Gasteiger partial charge in [0, 0.05) is 25.3 Å². The third-order valence-corrected chi connectivity index (χ3v) is 3.80. The molecule has 1 saturated heterocycles. The summed E-state index contributed by atoms with van der Waals surface area (Å²) in [6, 6.07) is -0.157. The maximum absolute atomic E-state index is 12.1. The molecule has 0 aliphatic carbocycles. The molecule has 0 radical (unpaired) electrons. The second-order valence-corrected chi connectivity index (χ2v) is 5.47. The molecule has 0 saturated carbocycles. The maximum Gasteiger partial charge on any atom is 0.239 e. The van der Waals surface area contributed by atoms with E-state index < -0.39 is 0 Å². The molecule has 1 aliphatic heterocycles. The van der Waals surface area contributed by atoms with Crippen LogP contribution in [-0.4, -0.2) is 47.5 Å². The van der Waals surface area contributed by atoms with Gasteiger partial charge in [0.1, 0.15) is 6.04 Å². The number of nitrogens with one attached hydrogen (secondary N) is 2. The van der Waals surface area contributed by atoms with E-state index in [1.807, 2.05) is 25.6 Å². The molecule has 2 atom stereocenters. The van der Waals surface area contributed by atoms with Crippen molar-refractivity contribution in [2.45, 2.75) is 39.3 Å². The highest BCUT2D eigenvalue weighted by molar-refractivity contribution is 5.82. The third kappa shape index (κ3) is 3.37. The number of aryl methyl sites for hydroxylation is 2. The predicted octanol–water partition coefficient (Wildman–Crippen LogP) is 0.0725. The Morgan fingerprint density at radius 3 is 2.90 bits per heavy atom. The van der Waals surface area contributed by atoms with Crippen molar-refractivity contribution < 1.29 is 9.53 Å². The molecule has 1 amide bonds. The van der Waals surface area contributed by atoms with E-state index in [1.165, 1.54) is 5.56 Å². The summed E-state index contributed by atoms with van der Waals surface area (Å²) in [5.74, 6) is 0.0106. The standard InChI is InChI=1S/C14H24N4O2/c1-9(7-12-10(2)17-18(4)11(12)3)16-14(19)13-8-20-6-5-15-13/h9,13,15H,5-8H2,1-4H3,(H,16,19). The van der Waals surface area contributed by atoms with Crippen molar-refractivity contribution in [1.29, 1.82) is 0 Å². The minimum absolute atomic E-state index is 0.0106. The van der Waals surface area contributed by atoms with Gasteiger partial charge in [-0.25, -0.2) is 0 Å². The van der Waals surface area contributed by atoms with Crippen molar-refractivity contribution >= 4 is 5.91 Å². The van der Waals surface area contributed by atoms with Gasteiger partial charge < -0.3 is 15.4 Å². The molecule has 2 heterocycles. The lowest BCUT2D eigenvalue weighted by Gasteiger charge is -2.24. The van der Waals surface area contributed by atoms with Crippen LogP contribution in [0.3, 0.4) is 0 Å².